The van der Waals surface area contributed by atoms with E-state index in [9.17, 15) is 14.4 Å². The number of amides is 2. The quantitative estimate of drug-likeness (QED) is 0.740. The molecule has 1 heterocycles. The van der Waals surface area contributed by atoms with Gasteiger partial charge in [0.2, 0.25) is 11.8 Å². The van der Waals surface area contributed by atoms with Gasteiger partial charge in [-0.25, -0.2) is 0 Å². The van der Waals surface area contributed by atoms with Crippen LogP contribution in [0.3, 0.4) is 0 Å². The summed E-state index contributed by atoms with van der Waals surface area (Å²) >= 11 is 0. The third-order valence-corrected chi connectivity index (χ3v) is 4.19. The third-order valence-electron chi connectivity index (χ3n) is 4.19. The zero-order valence-electron chi connectivity index (χ0n) is 12.0. The number of carbonyl (C=O) groups excluding carboxylic acids is 2. The van der Waals surface area contributed by atoms with E-state index in [4.69, 9.17) is 11.5 Å². The molecule has 2 amide bonds. The van der Waals surface area contributed by atoms with Gasteiger partial charge in [-0.1, -0.05) is 18.8 Å². The molecule has 6 heteroatoms. The molecule has 21 heavy (non-hydrogen) atoms. The predicted molar refractivity (Wildman–Crippen MR) is 75.1 cm³/mol. The second-order valence-corrected chi connectivity index (χ2v) is 5.68. The first-order chi connectivity index (χ1) is 10.0. The summed E-state index contributed by atoms with van der Waals surface area (Å²) in [5.41, 5.74) is 0. The van der Waals surface area contributed by atoms with Crippen LogP contribution in [0.1, 0.15) is 32.1 Å². The van der Waals surface area contributed by atoms with Crippen LogP contribution in [0.2, 0.25) is 0 Å². The zero-order chi connectivity index (χ0) is 15.4. The molecule has 1 atom stereocenters. The van der Waals surface area contributed by atoms with Crippen LogP contribution in [-0.2, 0) is 14.4 Å². The molecular weight excluding hydrogens is 272 g/mol. The lowest BCUT2D eigenvalue weighted by molar-refractivity contribution is -0.145. The summed E-state index contributed by atoms with van der Waals surface area (Å²) < 4.78 is 0. The van der Waals surface area contributed by atoms with Crippen LogP contribution in [-0.4, -0.2) is 58.4 Å². The van der Waals surface area contributed by atoms with Gasteiger partial charge in [0.1, 0.15) is 6.54 Å². The highest BCUT2D eigenvalue weighted by Crippen LogP contribution is 2.30. The van der Waals surface area contributed by atoms with Crippen LogP contribution in [0.4, 0.5) is 0 Å². The van der Waals surface area contributed by atoms with Gasteiger partial charge in [-0.3, -0.25) is 14.4 Å². The van der Waals surface area contributed by atoms with Crippen molar-refractivity contribution < 1.29 is 19.5 Å². The van der Waals surface area contributed by atoms with Gasteiger partial charge in [-0.05, 0) is 12.8 Å². The van der Waals surface area contributed by atoms with Crippen LogP contribution in [0.5, 0.6) is 0 Å². The molecule has 1 aliphatic heterocycles. The molecule has 1 saturated carbocycles. The van der Waals surface area contributed by atoms with Crippen molar-refractivity contribution in [3.05, 3.63) is 0 Å². The second kappa shape index (κ2) is 6.61. The molecule has 0 spiro atoms. The molecule has 2 rings (SSSR count). The molecule has 0 bridgehead atoms. The van der Waals surface area contributed by atoms with Gasteiger partial charge in [-0.2, -0.15) is 0 Å². The minimum atomic E-state index is -1.10. The summed E-state index contributed by atoms with van der Waals surface area (Å²) in [5, 5.41) is 8.84. The molecule has 1 aliphatic carbocycles. The number of likely N-dealkylation sites (tertiary alicyclic amines) is 1. The predicted octanol–water partition coefficient (Wildman–Crippen LogP) is 0.324. The van der Waals surface area contributed by atoms with E-state index in [1.807, 2.05) is 0 Å². The van der Waals surface area contributed by atoms with Crippen LogP contribution in [0.15, 0.2) is 0 Å². The zero-order valence-corrected chi connectivity index (χ0v) is 12.0. The Morgan fingerprint density at radius 2 is 2.05 bits per heavy atom. The molecule has 2 fully saturated rings. The van der Waals surface area contributed by atoms with Gasteiger partial charge in [0.15, 0.2) is 0 Å². The van der Waals surface area contributed by atoms with E-state index in [0.29, 0.717) is 6.54 Å². The Balaban J connectivity index is 2.00. The highest BCUT2D eigenvalue weighted by atomic mass is 16.4. The highest BCUT2D eigenvalue weighted by molar-refractivity contribution is 5.91. The molecule has 0 radical (unpaired) electrons. The van der Waals surface area contributed by atoms with E-state index in [0.717, 1.165) is 30.6 Å². The lowest BCUT2D eigenvalue weighted by Crippen LogP contribution is -2.41. The molecule has 6 nitrogen and oxygen atoms in total. The molecule has 114 valence electrons. The van der Waals surface area contributed by atoms with Crippen molar-refractivity contribution in [1.82, 2.24) is 9.80 Å². The maximum absolute atomic E-state index is 12.4. The maximum Gasteiger partial charge on any atom is 0.323 e. The van der Waals surface area contributed by atoms with E-state index in [-0.39, 0.29) is 30.8 Å². The van der Waals surface area contributed by atoms with Gasteiger partial charge in [-0.15, -0.1) is 6.42 Å². The van der Waals surface area contributed by atoms with Gasteiger partial charge < -0.3 is 14.9 Å². The lowest BCUT2D eigenvalue weighted by atomic mass is 10.1. The van der Waals surface area contributed by atoms with E-state index in [2.05, 4.69) is 5.92 Å². The molecule has 0 aromatic heterocycles. The lowest BCUT2D eigenvalue weighted by Gasteiger charge is -2.25. The molecular formula is C15H20N2O4. The summed E-state index contributed by atoms with van der Waals surface area (Å²) in [6.07, 6.45) is 9.58. The SMILES string of the molecule is C#CCN(CC(=O)O)C(=O)C1CC(=O)N(C2CCCC2)C1. The summed E-state index contributed by atoms with van der Waals surface area (Å²) in [4.78, 5) is 38.2. The van der Waals surface area contributed by atoms with Gasteiger partial charge >= 0.3 is 5.97 Å². The number of hydrogen-bond acceptors (Lipinski definition) is 3. The van der Waals surface area contributed by atoms with E-state index < -0.39 is 18.4 Å². The monoisotopic (exact) mass is 292 g/mol. The van der Waals surface area contributed by atoms with Crippen LogP contribution in [0, 0.1) is 18.3 Å². The minimum absolute atomic E-state index is 0.00349. The number of carboxylic acid groups (broad SMARTS) is 1. The first-order valence-corrected chi connectivity index (χ1v) is 7.26. The van der Waals surface area contributed by atoms with Crippen LogP contribution in [0.25, 0.3) is 0 Å². The van der Waals surface area contributed by atoms with Gasteiger partial charge in [0.25, 0.3) is 0 Å². The standard InChI is InChI=1S/C15H20N2O4/c1-2-7-16(10-14(19)20)15(21)11-8-13(18)17(9-11)12-5-3-4-6-12/h1,11-12H,3-10H2,(H,19,20). The molecule has 1 saturated heterocycles. The Kier molecular flexibility index (Phi) is 4.84. The van der Waals surface area contributed by atoms with Crippen molar-refractivity contribution in [2.75, 3.05) is 19.6 Å². The van der Waals surface area contributed by atoms with Crippen LogP contribution < -0.4 is 0 Å². The smallest absolute Gasteiger partial charge is 0.323 e. The number of nitrogens with zero attached hydrogens (tertiary/aromatic N) is 2. The minimum Gasteiger partial charge on any atom is -0.480 e. The molecule has 0 aromatic carbocycles. The Bertz CT molecular complexity index is 477. The fourth-order valence-electron chi connectivity index (χ4n) is 3.21. The highest BCUT2D eigenvalue weighted by Gasteiger charge is 2.40. The Hall–Kier alpha value is -2.03. The van der Waals surface area contributed by atoms with Crippen molar-refractivity contribution in [3.8, 4) is 12.3 Å². The van der Waals surface area contributed by atoms with Crippen molar-refractivity contribution in [1.29, 1.82) is 0 Å². The number of aliphatic carboxylic acids is 1. The van der Waals surface area contributed by atoms with Crippen molar-refractivity contribution >= 4 is 17.8 Å². The Morgan fingerprint density at radius 3 is 2.62 bits per heavy atom. The fraction of sp³-hybridized carbons (Fsp3) is 0.667. The Labute approximate surface area is 124 Å². The summed E-state index contributed by atoms with van der Waals surface area (Å²) in [5.74, 6) is 0.397. The normalized spacial score (nSPS) is 22.3. The number of carbonyl (C=O) groups is 3. The average Bonchev–Trinajstić information content (AvgIpc) is 3.05. The van der Waals surface area contributed by atoms with E-state index >= 15 is 0 Å². The molecule has 1 N–H and O–H groups in total. The van der Waals surface area contributed by atoms with E-state index in [1.54, 1.807) is 4.90 Å². The van der Waals surface area contributed by atoms with Gasteiger partial charge in [0, 0.05) is 19.0 Å². The van der Waals surface area contributed by atoms with Crippen LogP contribution >= 0.6 is 0 Å². The molecule has 1 unspecified atom stereocenters. The Morgan fingerprint density at radius 1 is 1.38 bits per heavy atom. The summed E-state index contributed by atoms with van der Waals surface area (Å²) in [6, 6.07) is 0.246. The largest absolute Gasteiger partial charge is 0.480 e. The average molecular weight is 292 g/mol. The first-order valence-electron chi connectivity index (χ1n) is 7.26. The number of terminal acetylenes is 1. The third kappa shape index (κ3) is 3.54. The summed E-state index contributed by atoms with van der Waals surface area (Å²) in [6.45, 7) is -0.0700. The first kappa shape index (κ1) is 15.4. The van der Waals surface area contributed by atoms with Crippen molar-refractivity contribution in [3.63, 3.8) is 0 Å². The number of carboxylic acids is 1. The number of hydrogen-bond donors (Lipinski definition) is 1. The molecule has 0 aromatic rings. The van der Waals surface area contributed by atoms with Crippen molar-refractivity contribution in [2.24, 2.45) is 5.92 Å². The molecule has 2 aliphatic rings. The van der Waals surface area contributed by atoms with E-state index in [1.165, 1.54) is 0 Å². The summed E-state index contributed by atoms with van der Waals surface area (Å²) in [7, 11) is 0. The van der Waals surface area contributed by atoms with Crippen molar-refractivity contribution in [2.45, 2.75) is 38.1 Å². The topological polar surface area (TPSA) is 77.9 Å². The van der Waals surface area contributed by atoms with Gasteiger partial charge in [0.05, 0.1) is 12.5 Å². The second-order valence-electron chi connectivity index (χ2n) is 5.68. The maximum atomic E-state index is 12.4. The number of rotatable bonds is 5. The fourth-order valence-corrected chi connectivity index (χ4v) is 3.21.